The van der Waals surface area contributed by atoms with Gasteiger partial charge >= 0.3 is 0 Å². The summed E-state index contributed by atoms with van der Waals surface area (Å²) >= 11 is 10.2. The van der Waals surface area contributed by atoms with Gasteiger partial charge in [-0.1, -0.05) is 0 Å². The molecule has 0 spiro atoms. The van der Waals surface area contributed by atoms with Crippen molar-refractivity contribution in [1.82, 2.24) is 0 Å². The molecular formula is C6H12ClNS. The van der Waals surface area contributed by atoms with Crippen LogP contribution in [0.15, 0.2) is 0 Å². The minimum absolute atomic E-state index is 0.213. The van der Waals surface area contributed by atoms with Crippen molar-refractivity contribution in [2.45, 2.75) is 35.9 Å². The lowest BCUT2D eigenvalue weighted by Gasteiger charge is -2.27. The SMILES string of the molecule is NC1CC(Cl)CCC1S. The molecule has 1 fully saturated rings. The third-order valence-electron chi connectivity index (χ3n) is 1.80. The Labute approximate surface area is 66.4 Å². The molecule has 2 N–H and O–H groups in total. The van der Waals surface area contributed by atoms with E-state index < -0.39 is 0 Å². The lowest BCUT2D eigenvalue weighted by molar-refractivity contribution is 0.461. The molecule has 1 rings (SSSR count). The molecule has 0 aromatic carbocycles. The smallest absolute Gasteiger partial charge is 0.0351 e. The van der Waals surface area contributed by atoms with Crippen molar-refractivity contribution in [1.29, 1.82) is 0 Å². The fourth-order valence-electron chi connectivity index (χ4n) is 1.14. The Bertz CT molecular complexity index is 99.1. The summed E-state index contributed by atoms with van der Waals surface area (Å²) in [6.45, 7) is 0. The number of halogens is 1. The Hall–Kier alpha value is 0.600. The number of hydrogen-bond acceptors (Lipinski definition) is 2. The second-order valence-electron chi connectivity index (χ2n) is 2.64. The molecule has 0 aromatic rings. The third-order valence-corrected chi connectivity index (χ3v) is 2.84. The highest BCUT2D eigenvalue weighted by atomic mass is 35.5. The van der Waals surface area contributed by atoms with Gasteiger partial charge in [-0.05, 0) is 19.3 Å². The van der Waals surface area contributed by atoms with Crippen LogP contribution in [0.3, 0.4) is 0 Å². The molecule has 0 radical (unpaired) electrons. The first-order valence-corrected chi connectivity index (χ1v) is 4.23. The Morgan fingerprint density at radius 3 is 2.56 bits per heavy atom. The van der Waals surface area contributed by atoms with E-state index in [9.17, 15) is 0 Å². The molecule has 1 saturated carbocycles. The van der Waals surface area contributed by atoms with Crippen LogP contribution in [0.1, 0.15) is 19.3 Å². The van der Waals surface area contributed by atoms with E-state index in [1.165, 1.54) is 0 Å². The highest BCUT2D eigenvalue weighted by molar-refractivity contribution is 7.81. The molecule has 0 bridgehead atoms. The first-order valence-electron chi connectivity index (χ1n) is 3.28. The van der Waals surface area contributed by atoms with Crippen LogP contribution >= 0.6 is 24.2 Å². The lowest BCUT2D eigenvalue weighted by Crippen LogP contribution is -2.37. The zero-order chi connectivity index (χ0) is 6.85. The molecule has 0 aromatic heterocycles. The molecule has 3 atom stereocenters. The third kappa shape index (κ3) is 2.03. The van der Waals surface area contributed by atoms with Gasteiger partial charge in [0.25, 0.3) is 0 Å². The Balaban J connectivity index is 2.35. The monoisotopic (exact) mass is 165 g/mol. The van der Waals surface area contributed by atoms with Gasteiger partial charge < -0.3 is 5.73 Å². The summed E-state index contributed by atoms with van der Waals surface area (Å²) in [5.41, 5.74) is 5.71. The molecule has 0 heterocycles. The number of rotatable bonds is 0. The van der Waals surface area contributed by atoms with Crippen molar-refractivity contribution in [3.8, 4) is 0 Å². The van der Waals surface area contributed by atoms with E-state index in [0.717, 1.165) is 19.3 Å². The first kappa shape index (κ1) is 7.70. The molecule has 0 saturated heterocycles. The van der Waals surface area contributed by atoms with Crippen molar-refractivity contribution in [2.24, 2.45) is 5.73 Å². The fourth-order valence-corrected chi connectivity index (χ4v) is 1.74. The molecule has 3 heteroatoms. The molecule has 0 amide bonds. The summed E-state index contributed by atoms with van der Waals surface area (Å²) in [4.78, 5) is 0. The summed E-state index contributed by atoms with van der Waals surface area (Å²) in [6, 6.07) is 0.213. The van der Waals surface area contributed by atoms with Crippen LogP contribution in [0.5, 0.6) is 0 Å². The summed E-state index contributed by atoms with van der Waals surface area (Å²) in [5, 5.41) is 0.670. The summed E-state index contributed by atoms with van der Waals surface area (Å²) in [6.07, 6.45) is 3.07. The van der Waals surface area contributed by atoms with Gasteiger partial charge in [0.1, 0.15) is 0 Å². The number of hydrogen-bond donors (Lipinski definition) is 2. The maximum Gasteiger partial charge on any atom is 0.0351 e. The topological polar surface area (TPSA) is 26.0 Å². The van der Waals surface area contributed by atoms with Crippen LogP contribution in [0.2, 0.25) is 0 Å². The Morgan fingerprint density at radius 2 is 2.11 bits per heavy atom. The molecule has 1 nitrogen and oxygen atoms in total. The van der Waals surface area contributed by atoms with Gasteiger partial charge in [-0.25, -0.2) is 0 Å². The van der Waals surface area contributed by atoms with E-state index in [-0.39, 0.29) is 6.04 Å². The van der Waals surface area contributed by atoms with Gasteiger partial charge in [-0.3, -0.25) is 0 Å². The average molecular weight is 166 g/mol. The molecular weight excluding hydrogens is 154 g/mol. The van der Waals surface area contributed by atoms with Crippen molar-refractivity contribution in [2.75, 3.05) is 0 Å². The summed E-state index contributed by atoms with van der Waals surface area (Å²) < 4.78 is 0. The summed E-state index contributed by atoms with van der Waals surface area (Å²) in [5.74, 6) is 0. The van der Waals surface area contributed by atoms with E-state index in [4.69, 9.17) is 17.3 Å². The largest absolute Gasteiger partial charge is 0.327 e. The van der Waals surface area contributed by atoms with E-state index in [0.29, 0.717) is 10.6 Å². The number of nitrogens with two attached hydrogens (primary N) is 1. The molecule has 9 heavy (non-hydrogen) atoms. The predicted molar refractivity (Wildman–Crippen MR) is 44.2 cm³/mol. The Morgan fingerprint density at radius 1 is 1.44 bits per heavy atom. The standard InChI is InChI=1S/C6H12ClNS/c7-4-1-2-6(9)5(8)3-4/h4-6,9H,1-3,8H2. The van der Waals surface area contributed by atoms with Crippen LogP contribution in [-0.2, 0) is 0 Å². The molecule has 0 aliphatic heterocycles. The predicted octanol–water partition coefficient (Wildman–Crippen LogP) is 1.40. The van der Waals surface area contributed by atoms with Gasteiger partial charge in [0.2, 0.25) is 0 Å². The summed E-state index contributed by atoms with van der Waals surface area (Å²) in [7, 11) is 0. The van der Waals surface area contributed by atoms with Gasteiger partial charge in [0.05, 0.1) is 0 Å². The fraction of sp³-hybridized carbons (Fsp3) is 1.00. The maximum atomic E-state index is 5.86. The normalized spacial score (nSPS) is 45.0. The van der Waals surface area contributed by atoms with Crippen LogP contribution in [-0.4, -0.2) is 16.7 Å². The van der Waals surface area contributed by atoms with Crippen LogP contribution in [0.25, 0.3) is 0 Å². The van der Waals surface area contributed by atoms with Gasteiger partial charge in [0.15, 0.2) is 0 Å². The average Bonchev–Trinajstić information content (AvgIpc) is 1.80. The second kappa shape index (κ2) is 3.13. The minimum Gasteiger partial charge on any atom is -0.327 e. The van der Waals surface area contributed by atoms with E-state index in [2.05, 4.69) is 12.6 Å². The molecule has 54 valence electrons. The first-order chi connectivity index (χ1) is 4.20. The van der Waals surface area contributed by atoms with Crippen LogP contribution < -0.4 is 5.73 Å². The zero-order valence-electron chi connectivity index (χ0n) is 5.26. The number of alkyl halides is 1. The second-order valence-corrected chi connectivity index (χ2v) is 3.92. The highest BCUT2D eigenvalue weighted by Crippen LogP contribution is 2.24. The number of thiol groups is 1. The minimum atomic E-state index is 0.213. The zero-order valence-corrected chi connectivity index (χ0v) is 6.91. The van der Waals surface area contributed by atoms with Gasteiger partial charge in [0, 0.05) is 16.7 Å². The van der Waals surface area contributed by atoms with E-state index >= 15 is 0 Å². The lowest BCUT2D eigenvalue weighted by atomic mass is 9.95. The van der Waals surface area contributed by atoms with Crippen LogP contribution in [0, 0.1) is 0 Å². The highest BCUT2D eigenvalue weighted by Gasteiger charge is 2.23. The van der Waals surface area contributed by atoms with Gasteiger partial charge in [-0.2, -0.15) is 12.6 Å². The van der Waals surface area contributed by atoms with E-state index in [1.54, 1.807) is 0 Å². The molecule has 1 aliphatic carbocycles. The van der Waals surface area contributed by atoms with Crippen molar-refractivity contribution in [3.63, 3.8) is 0 Å². The van der Waals surface area contributed by atoms with Gasteiger partial charge in [-0.15, -0.1) is 11.6 Å². The van der Waals surface area contributed by atoms with Crippen molar-refractivity contribution in [3.05, 3.63) is 0 Å². The van der Waals surface area contributed by atoms with Crippen molar-refractivity contribution >= 4 is 24.2 Å². The van der Waals surface area contributed by atoms with Crippen molar-refractivity contribution < 1.29 is 0 Å². The Kier molecular flexibility index (Phi) is 2.68. The maximum absolute atomic E-state index is 5.86. The molecule has 3 unspecified atom stereocenters. The van der Waals surface area contributed by atoms with Crippen LogP contribution in [0.4, 0.5) is 0 Å². The van der Waals surface area contributed by atoms with E-state index in [1.807, 2.05) is 0 Å². The quantitative estimate of drug-likeness (QED) is 0.412. The molecule has 1 aliphatic rings.